The molecule has 3 rings (SSSR count). The van der Waals surface area contributed by atoms with Gasteiger partial charge < -0.3 is 18.4 Å². The van der Waals surface area contributed by atoms with Crippen molar-refractivity contribution in [2.24, 2.45) is 5.92 Å². The average molecular weight is 465 g/mol. The molecular weight excluding hydrogens is 440 g/mol. The van der Waals surface area contributed by atoms with Crippen LogP contribution in [0.2, 0.25) is 0 Å². The van der Waals surface area contributed by atoms with Crippen LogP contribution in [0.25, 0.3) is 28.7 Å². The number of fused-ring (bicyclic) bond motifs is 1. The average Bonchev–Trinajstić information content (AvgIpc) is 3.36. The van der Waals surface area contributed by atoms with E-state index in [0.717, 1.165) is 0 Å². The first-order valence-electron chi connectivity index (χ1n) is 10.2. The van der Waals surface area contributed by atoms with Gasteiger partial charge in [0.25, 0.3) is 0 Å². The SMILES string of the molecule is C=Cc1c(CC(C)C)c(F)c([N+](=O)[O-])c2nc(-c3ccc(P(=O)(OCC)OCC)o3)[nH]c12. The van der Waals surface area contributed by atoms with Crippen LogP contribution >= 0.6 is 7.60 Å². The van der Waals surface area contributed by atoms with Crippen molar-refractivity contribution in [2.75, 3.05) is 13.2 Å². The summed E-state index contributed by atoms with van der Waals surface area (Å²) in [4.78, 5) is 18.1. The maximum atomic E-state index is 15.2. The first-order chi connectivity index (χ1) is 15.2. The molecule has 0 saturated heterocycles. The van der Waals surface area contributed by atoms with E-state index in [1.807, 2.05) is 13.8 Å². The van der Waals surface area contributed by atoms with Crippen molar-refractivity contribution < 1.29 is 27.3 Å². The third-order valence-electron chi connectivity index (χ3n) is 4.69. The highest BCUT2D eigenvalue weighted by Crippen LogP contribution is 2.47. The van der Waals surface area contributed by atoms with Crippen molar-refractivity contribution in [3.05, 3.63) is 45.8 Å². The van der Waals surface area contributed by atoms with Gasteiger partial charge in [0.1, 0.15) is 0 Å². The van der Waals surface area contributed by atoms with E-state index in [1.54, 1.807) is 13.8 Å². The number of hydrogen-bond donors (Lipinski definition) is 1. The molecule has 0 radical (unpaired) electrons. The summed E-state index contributed by atoms with van der Waals surface area (Å²) in [5.74, 6) is -0.618. The van der Waals surface area contributed by atoms with E-state index in [4.69, 9.17) is 13.5 Å². The Morgan fingerprint density at radius 1 is 1.34 bits per heavy atom. The first kappa shape index (κ1) is 23.8. The quantitative estimate of drug-likeness (QED) is 0.235. The molecule has 2 aromatic heterocycles. The van der Waals surface area contributed by atoms with Crippen molar-refractivity contribution in [2.45, 2.75) is 34.1 Å². The number of imidazole rings is 1. The van der Waals surface area contributed by atoms with Gasteiger partial charge in [-0.05, 0) is 38.3 Å². The van der Waals surface area contributed by atoms with Crippen LogP contribution in [-0.2, 0) is 20.0 Å². The number of halogens is 1. The van der Waals surface area contributed by atoms with Crippen molar-refractivity contribution >= 4 is 35.9 Å². The van der Waals surface area contributed by atoms with Gasteiger partial charge >= 0.3 is 13.3 Å². The van der Waals surface area contributed by atoms with E-state index < -0.39 is 24.0 Å². The van der Waals surface area contributed by atoms with E-state index in [0.29, 0.717) is 5.56 Å². The van der Waals surface area contributed by atoms with Crippen molar-refractivity contribution in [1.29, 1.82) is 0 Å². The normalized spacial score (nSPS) is 12.1. The molecule has 0 atom stereocenters. The van der Waals surface area contributed by atoms with Crippen molar-refractivity contribution in [3.63, 3.8) is 0 Å². The number of aromatic amines is 1. The minimum absolute atomic E-state index is 0.0261. The topological polar surface area (TPSA) is 120 Å². The summed E-state index contributed by atoms with van der Waals surface area (Å²) in [7, 11) is -3.67. The van der Waals surface area contributed by atoms with Crippen LogP contribution in [0.1, 0.15) is 38.8 Å². The van der Waals surface area contributed by atoms with Crippen molar-refractivity contribution in [3.8, 4) is 11.6 Å². The summed E-state index contributed by atoms with van der Waals surface area (Å²) >= 11 is 0. The Labute approximate surface area is 184 Å². The molecule has 0 unspecified atom stereocenters. The number of aromatic nitrogens is 2. The third kappa shape index (κ3) is 4.26. The zero-order chi connectivity index (χ0) is 23.6. The second-order valence-electron chi connectivity index (χ2n) is 7.39. The van der Waals surface area contributed by atoms with E-state index in [2.05, 4.69) is 16.5 Å². The van der Waals surface area contributed by atoms with Gasteiger partial charge in [-0.1, -0.05) is 26.5 Å². The number of furan rings is 1. The van der Waals surface area contributed by atoms with Crippen LogP contribution in [0.15, 0.2) is 23.1 Å². The number of nitrogens with zero attached hydrogens (tertiary/aromatic N) is 2. The largest absolute Gasteiger partial charge is 0.445 e. The predicted octanol–water partition coefficient (Wildman–Crippen LogP) is 5.60. The predicted molar refractivity (Wildman–Crippen MR) is 120 cm³/mol. The molecule has 0 fully saturated rings. The highest BCUT2D eigenvalue weighted by atomic mass is 31.2. The maximum Gasteiger partial charge on any atom is 0.396 e. The van der Waals surface area contributed by atoms with E-state index >= 15 is 4.39 Å². The van der Waals surface area contributed by atoms with Gasteiger partial charge in [0.05, 0.1) is 23.7 Å². The first-order valence-corrected chi connectivity index (χ1v) is 11.7. The monoisotopic (exact) mass is 465 g/mol. The Morgan fingerprint density at radius 3 is 2.53 bits per heavy atom. The highest BCUT2D eigenvalue weighted by Gasteiger charge is 2.33. The molecule has 32 heavy (non-hydrogen) atoms. The summed E-state index contributed by atoms with van der Waals surface area (Å²) in [6, 6.07) is 2.92. The minimum atomic E-state index is -3.67. The molecule has 0 aliphatic rings. The molecule has 172 valence electrons. The van der Waals surface area contributed by atoms with Gasteiger partial charge in [-0.25, -0.2) is 4.98 Å². The third-order valence-corrected chi connectivity index (χ3v) is 6.66. The highest BCUT2D eigenvalue weighted by molar-refractivity contribution is 7.61. The number of nitro benzene ring substituents is 1. The molecule has 0 bridgehead atoms. The van der Waals surface area contributed by atoms with Crippen molar-refractivity contribution in [1.82, 2.24) is 9.97 Å². The van der Waals surface area contributed by atoms with Gasteiger partial charge in [-0.3, -0.25) is 14.7 Å². The summed E-state index contributed by atoms with van der Waals surface area (Å²) in [6.45, 7) is 11.2. The van der Waals surface area contributed by atoms with Crippen LogP contribution in [-0.4, -0.2) is 28.1 Å². The molecule has 0 aliphatic heterocycles. The molecule has 0 amide bonds. The van der Waals surface area contributed by atoms with E-state index in [1.165, 1.54) is 18.2 Å². The fraction of sp³-hybridized carbons (Fsp3) is 0.381. The number of benzene rings is 1. The molecule has 0 aliphatic carbocycles. The minimum Gasteiger partial charge on any atom is -0.445 e. The fourth-order valence-corrected chi connectivity index (χ4v) is 4.95. The van der Waals surface area contributed by atoms with Crippen LogP contribution in [0.3, 0.4) is 0 Å². The molecule has 3 aromatic rings. The lowest BCUT2D eigenvalue weighted by atomic mass is 9.95. The second-order valence-corrected chi connectivity index (χ2v) is 9.35. The molecule has 1 aromatic carbocycles. The smallest absolute Gasteiger partial charge is 0.396 e. The van der Waals surface area contributed by atoms with Crippen LogP contribution in [0.5, 0.6) is 0 Å². The summed E-state index contributed by atoms with van der Waals surface area (Å²) in [5.41, 5.74) is -0.0277. The summed E-state index contributed by atoms with van der Waals surface area (Å²) in [6.07, 6.45) is 1.73. The molecule has 2 heterocycles. The zero-order valence-electron chi connectivity index (χ0n) is 18.3. The van der Waals surface area contributed by atoms with Gasteiger partial charge in [0.15, 0.2) is 17.1 Å². The number of hydrogen-bond acceptors (Lipinski definition) is 7. The Morgan fingerprint density at radius 2 is 2.00 bits per heavy atom. The zero-order valence-corrected chi connectivity index (χ0v) is 19.2. The molecule has 0 spiro atoms. The Hall–Kier alpha value is -2.81. The maximum absolute atomic E-state index is 15.2. The molecule has 1 N–H and O–H groups in total. The van der Waals surface area contributed by atoms with Crippen LogP contribution < -0.4 is 5.50 Å². The summed E-state index contributed by atoms with van der Waals surface area (Å²) in [5, 5.41) is 11.7. The molecule has 9 nitrogen and oxygen atoms in total. The van der Waals surface area contributed by atoms with Gasteiger partial charge in [0.2, 0.25) is 11.3 Å². The second kappa shape index (κ2) is 9.36. The molecule has 11 heteroatoms. The Bertz CT molecular complexity index is 1210. The lowest BCUT2D eigenvalue weighted by Crippen LogP contribution is -2.08. The Balaban J connectivity index is 2.22. The van der Waals surface area contributed by atoms with E-state index in [-0.39, 0.29) is 59.2 Å². The molecular formula is C21H25FN3O6P. The number of rotatable bonds is 10. The van der Waals surface area contributed by atoms with E-state index in [9.17, 15) is 14.7 Å². The fourth-order valence-electron chi connectivity index (χ4n) is 3.48. The lowest BCUT2D eigenvalue weighted by molar-refractivity contribution is -0.385. The van der Waals surface area contributed by atoms with Crippen LogP contribution in [0, 0.1) is 21.8 Å². The van der Waals surface area contributed by atoms with Gasteiger partial charge in [-0.2, -0.15) is 4.39 Å². The standard InChI is InChI=1S/C21H25FN3O6P/c1-6-13-14(11-12(4)5)17(22)20(25(26)27)19-18(13)23-21(24-19)15-9-10-16(31-15)32(28,29-7-2)30-8-3/h6,9-10,12H,1,7-8,11H2,2-5H3,(H,23,24). The van der Waals surface area contributed by atoms with Gasteiger partial charge in [0, 0.05) is 11.1 Å². The lowest BCUT2D eigenvalue weighted by Gasteiger charge is -2.13. The number of nitro groups is 1. The van der Waals surface area contributed by atoms with Crippen LogP contribution in [0.4, 0.5) is 10.1 Å². The number of nitrogens with one attached hydrogen (secondary N) is 1. The molecule has 0 saturated carbocycles. The van der Waals surface area contributed by atoms with Gasteiger partial charge in [-0.15, -0.1) is 0 Å². The summed E-state index contributed by atoms with van der Waals surface area (Å²) < 4.78 is 44.3. The number of H-pyrrole nitrogens is 1. The Kier molecular flexibility index (Phi) is 6.97.